The molecule has 1 aromatic heterocycles. The molecule has 1 N–H and O–H groups in total. The third-order valence-corrected chi connectivity index (χ3v) is 5.30. The zero-order valence-electron chi connectivity index (χ0n) is 16.1. The van der Waals surface area contributed by atoms with E-state index >= 15 is 0 Å². The molecule has 0 bridgehead atoms. The fourth-order valence-corrected chi connectivity index (χ4v) is 3.73. The highest BCUT2D eigenvalue weighted by atomic mass is 32.1. The maximum Gasteiger partial charge on any atom is 0.271 e. The first-order valence-electron chi connectivity index (χ1n) is 8.72. The van der Waals surface area contributed by atoms with Crippen LogP contribution < -0.4 is 24.5 Å². The van der Waals surface area contributed by atoms with Crippen molar-refractivity contribution >= 4 is 28.5 Å². The number of carbonyl (C=O) groups is 1. The van der Waals surface area contributed by atoms with Crippen LogP contribution in [0.2, 0.25) is 0 Å². The third-order valence-electron chi connectivity index (χ3n) is 4.22. The van der Waals surface area contributed by atoms with Crippen LogP contribution in [0.4, 0.5) is 5.00 Å². The second-order valence-corrected chi connectivity index (χ2v) is 6.98. The Bertz CT molecular complexity index is 821. The molecule has 1 saturated heterocycles. The number of nitrogens with one attached hydrogen (secondary N) is 1. The Hall–Kier alpha value is -2.78. The van der Waals surface area contributed by atoms with E-state index in [4.69, 9.17) is 18.9 Å². The molecule has 8 nitrogen and oxygen atoms in total. The van der Waals surface area contributed by atoms with Crippen molar-refractivity contribution in [1.82, 2.24) is 5.43 Å². The topological polar surface area (TPSA) is 81.6 Å². The summed E-state index contributed by atoms with van der Waals surface area (Å²) >= 11 is 1.62. The van der Waals surface area contributed by atoms with E-state index in [0.29, 0.717) is 22.8 Å². The lowest BCUT2D eigenvalue weighted by Crippen LogP contribution is -2.35. The van der Waals surface area contributed by atoms with Crippen molar-refractivity contribution in [2.24, 2.45) is 5.10 Å². The van der Waals surface area contributed by atoms with Crippen LogP contribution in [-0.2, 0) is 4.74 Å². The Morgan fingerprint density at radius 1 is 1.14 bits per heavy atom. The number of hydrogen-bond acceptors (Lipinski definition) is 8. The molecular formula is C19H23N3O5S. The first kappa shape index (κ1) is 20.0. The Morgan fingerprint density at radius 2 is 1.82 bits per heavy atom. The van der Waals surface area contributed by atoms with E-state index < -0.39 is 0 Å². The molecule has 1 amide bonds. The summed E-state index contributed by atoms with van der Waals surface area (Å²) in [5.41, 5.74) is 2.88. The van der Waals surface area contributed by atoms with Crippen LogP contribution in [0.3, 0.4) is 0 Å². The number of nitrogens with zero attached hydrogens (tertiary/aromatic N) is 2. The minimum absolute atomic E-state index is 0.354. The summed E-state index contributed by atoms with van der Waals surface area (Å²) < 4.78 is 21.2. The van der Waals surface area contributed by atoms with Gasteiger partial charge in [-0.15, -0.1) is 11.3 Å². The van der Waals surface area contributed by atoms with E-state index in [0.717, 1.165) is 31.2 Å². The van der Waals surface area contributed by atoms with Crippen LogP contribution in [0.5, 0.6) is 17.2 Å². The van der Waals surface area contributed by atoms with Crippen LogP contribution in [0.1, 0.15) is 15.2 Å². The normalized spacial score (nSPS) is 14.2. The van der Waals surface area contributed by atoms with E-state index in [2.05, 4.69) is 21.5 Å². The van der Waals surface area contributed by atoms with Crippen LogP contribution >= 0.6 is 11.3 Å². The van der Waals surface area contributed by atoms with Crippen molar-refractivity contribution in [3.05, 3.63) is 34.7 Å². The minimum atomic E-state index is -0.375. The molecule has 0 aliphatic carbocycles. The second kappa shape index (κ2) is 9.43. The van der Waals surface area contributed by atoms with E-state index in [1.807, 2.05) is 6.07 Å². The molecule has 1 fully saturated rings. The van der Waals surface area contributed by atoms with Gasteiger partial charge in [-0.2, -0.15) is 5.10 Å². The van der Waals surface area contributed by atoms with Crippen molar-refractivity contribution in [1.29, 1.82) is 0 Å². The zero-order valence-corrected chi connectivity index (χ0v) is 16.9. The summed E-state index contributed by atoms with van der Waals surface area (Å²) in [6.45, 7) is 3.25. The number of amides is 1. The SMILES string of the molecule is COc1cc(C(=O)NN=Cc2ccc(N3CCOCC3)s2)cc(OC)c1OC. The fourth-order valence-electron chi connectivity index (χ4n) is 2.80. The van der Waals surface area contributed by atoms with Crippen molar-refractivity contribution in [2.75, 3.05) is 52.5 Å². The molecule has 0 radical (unpaired) electrons. The van der Waals surface area contributed by atoms with Gasteiger partial charge in [-0.3, -0.25) is 4.79 Å². The number of hydrazone groups is 1. The van der Waals surface area contributed by atoms with E-state index in [1.54, 1.807) is 29.7 Å². The molecule has 150 valence electrons. The molecule has 0 unspecified atom stereocenters. The summed E-state index contributed by atoms with van der Waals surface area (Å²) in [5.74, 6) is 0.869. The lowest BCUT2D eigenvalue weighted by atomic mass is 10.1. The van der Waals surface area contributed by atoms with Gasteiger partial charge in [-0.25, -0.2) is 5.43 Å². The molecule has 1 aliphatic rings. The molecular weight excluding hydrogens is 382 g/mol. The average Bonchev–Trinajstić information content (AvgIpc) is 3.22. The van der Waals surface area contributed by atoms with Crippen molar-refractivity contribution in [3.8, 4) is 17.2 Å². The number of methoxy groups -OCH3 is 3. The Balaban J connectivity index is 1.66. The number of rotatable bonds is 7. The van der Waals surface area contributed by atoms with Gasteiger partial charge in [0.1, 0.15) is 0 Å². The maximum atomic E-state index is 12.4. The molecule has 0 saturated carbocycles. The summed E-state index contributed by atoms with van der Waals surface area (Å²) in [6, 6.07) is 7.19. The predicted octanol–water partition coefficient (Wildman–Crippen LogP) is 2.37. The highest BCUT2D eigenvalue weighted by Crippen LogP contribution is 2.38. The van der Waals surface area contributed by atoms with E-state index in [-0.39, 0.29) is 5.91 Å². The summed E-state index contributed by atoms with van der Waals surface area (Å²) in [4.78, 5) is 15.7. The summed E-state index contributed by atoms with van der Waals surface area (Å²) in [7, 11) is 4.51. The average molecular weight is 405 g/mol. The summed E-state index contributed by atoms with van der Waals surface area (Å²) in [5, 5.41) is 5.23. The molecule has 0 atom stereocenters. The molecule has 9 heteroatoms. The molecule has 1 aliphatic heterocycles. The van der Waals surface area contributed by atoms with E-state index in [9.17, 15) is 4.79 Å². The number of ether oxygens (including phenoxy) is 4. The highest BCUT2D eigenvalue weighted by molar-refractivity contribution is 7.17. The monoisotopic (exact) mass is 405 g/mol. The first-order valence-corrected chi connectivity index (χ1v) is 9.54. The highest BCUT2D eigenvalue weighted by Gasteiger charge is 2.17. The Labute approximate surface area is 167 Å². The lowest BCUT2D eigenvalue weighted by molar-refractivity contribution is 0.0954. The Kier molecular flexibility index (Phi) is 6.72. The number of hydrogen-bond donors (Lipinski definition) is 1. The summed E-state index contributed by atoms with van der Waals surface area (Å²) in [6.07, 6.45) is 1.63. The predicted molar refractivity (Wildman–Crippen MR) is 109 cm³/mol. The van der Waals surface area contributed by atoms with Gasteiger partial charge in [0.2, 0.25) is 5.75 Å². The van der Waals surface area contributed by atoms with Gasteiger partial charge in [0.25, 0.3) is 5.91 Å². The number of carbonyl (C=O) groups excluding carboxylic acids is 1. The number of thiophene rings is 1. The van der Waals surface area contributed by atoms with E-state index in [1.165, 1.54) is 26.3 Å². The molecule has 3 rings (SSSR count). The molecule has 0 spiro atoms. The van der Waals surface area contributed by atoms with Gasteiger partial charge in [0, 0.05) is 23.5 Å². The van der Waals surface area contributed by atoms with Crippen LogP contribution in [0.15, 0.2) is 29.4 Å². The van der Waals surface area contributed by atoms with Crippen molar-refractivity contribution in [3.63, 3.8) is 0 Å². The molecule has 2 aromatic rings. The number of benzene rings is 1. The largest absolute Gasteiger partial charge is 0.493 e. The van der Waals surface area contributed by atoms with Gasteiger partial charge in [0.05, 0.1) is 45.8 Å². The second-order valence-electron chi connectivity index (χ2n) is 5.89. The quantitative estimate of drug-likeness (QED) is 0.563. The fraction of sp³-hybridized carbons (Fsp3) is 0.368. The number of morpholine rings is 1. The third kappa shape index (κ3) is 4.55. The smallest absolute Gasteiger partial charge is 0.271 e. The minimum Gasteiger partial charge on any atom is -0.493 e. The van der Waals surface area contributed by atoms with Gasteiger partial charge in [0.15, 0.2) is 11.5 Å². The van der Waals surface area contributed by atoms with Crippen molar-refractivity contribution < 1.29 is 23.7 Å². The van der Waals surface area contributed by atoms with Gasteiger partial charge >= 0.3 is 0 Å². The van der Waals surface area contributed by atoms with Gasteiger partial charge < -0.3 is 23.8 Å². The standard InChI is InChI=1S/C19H23N3O5S/c1-24-15-10-13(11-16(25-2)18(15)26-3)19(23)21-20-12-14-4-5-17(28-14)22-6-8-27-9-7-22/h4-5,10-12H,6-9H2,1-3H3,(H,21,23). The lowest BCUT2D eigenvalue weighted by Gasteiger charge is -2.27. The maximum absolute atomic E-state index is 12.4. The molecule has 2 heterocycles. The van der Waals surface area contributed by atoms with Crippen molar-refractivity contribution in [2.45, 2.75) is 0 Å². The molecule has 28 heavy (non-hydrogen) atoms. The van der Waals surface area contributed by atoms with Crippen LogP contribution in [0, 0.1) is 0 Å². The Morgan fingerprint density at radius 3 is 2.43 bits per heavy atom. The zero-order chi connectivity index (χ0) is 19.9. The molecule has 1 aromatic carbocycles. The van der Waals surface area contributed by atoms with Crippen LogP contribution in [-0.4, -0.2) is 59.8 Å². The van der Waals surface area contributed by atoms with Crippen LogP contribution in [0.25, 0.3) is 0 Å². The van der Waals surface area contributed by atoms with Gasteiger partial charge in [-0.05, 0) is 24.3 Å². The van der Waals surface area contributed by atoms with Gasteiger partial charge in [-0.1, -0.05) is 0 Å². The number of anilines is 1. The first-order chi connectivity index (χ1) is 13.7.